The third kappa shape index (κ3) is 2.79. The van der Waals surface area contributed by atoms with Crippen molar-refractivity contribution in [2.24, 2.45) is 5.10 Å². The number of fused-ring (bicyclic) bond motifs is 2. The third-order valence-electron chi connectivity index (χ3n) is 3.96. The Balaban J connectivity index is 1.60. The number of rotatable bonds is 3. The molecule has 0 unspecified atom stereocenters. The molecule has 110 valence electrons. The van der Waals surface area contributed by atoms with Gasteiger partial charge < -0.3 is 0 Å². The lowest BCUT2D eigenvalue weighted by Crippen LogP contribution is -1.91. The molecule has 0 heterocycles. The lowest BCUT2D eigenvalue weighted by atomic mass is 10.1. The fourth-order valence-corrected chi connectivity index (χ4v) is 2.79. The normalized spacial score (nSPS) is 11.3. The first-order valence-corrected chi connectivity index (χ1v) is 7.66. The Labute approximate surface area is 135 Å². The van der Waals surface area contributed by atoms with Gasteiger partial charge in [0.1, 0.15) is 0 Å². The maximum Gasteiger partial charge on any atom is 0.0640 e. The van der Waals surface area contributed by atoms with Crippen LogP contribution in [0.4, 0.5) is 5.69 Å². The predicted molar refractivity (Wildman–Crippen MR) is 99.1 cm³/mol. The number of anilines is 1. The van der Waals surface area contributed by atoms with E-state index in [0.29, 0.717) is 0 Å². The highest BCUT2D eigenvalue weighted by atomic mass is 15.3. The molecule has 0 spiro atoms. The number of hydrogen-bond acceptors (Lipinski definition) is 2. The number of nitrogens with one attached hydrogen (secondary N) is 1. The Morgan fingerprint density at radius 3 is 2.30 bits per heavy atom. The molecule has 0 saturated heterocycles. The molecule has 2 nitrogen and oxygen atoms in total. The van der Waals surface area contributed by atoms with Crippen LogP contribution in [0, 0.1) is 0 Å². The average molecular weight is 296 g/mol. The van der Waals surface area contributed by atoms with Gasteiger partial charge in [0.25, 0.3) is 0 Å². The van der Waals surface area contributed by atoms with Gasteiger partial charge in [-0.3, -0.25) is 5.43 Å². The Bertz CT molecular complexity index is 997. The average Bonchev–Trinajstić information content (AvgIpc) is 2.62. The van der Waals surface area contributed by atoms with Crippen molar-refractivity contribution >= 4 is 33.4 Å². The zero-order chi connectivity index (χ0) is 15.5. The Hall–Kier alpha value is -3.13. The highest BCUT2D eigenvalue weighted by molar-refractivity contribution is 5.94. The van der Waals surface area contributed by atoms with Crippen molar-refractivity contribution in [1.29, 1.82) is 0 Å². The van der Waals surface area contributed by atoms with Gasteiger partial charge in [0.15, 0.2) is 0 Å². The number of hydrazone groups is 1. The zero-order valence-corrected chi connectivity index (χ0v) is 12.6. The van der Waals surface area contributed by atoms with Gasteiger partial charge in [-0.05, 0) is 33.9 Å². The van der Waals surface area contributed by atoms with Crippen molar-refractivity contribution < 1.29 is 0 Å². The summed E-state index contributed by atoms with van der Waals surface area (Å²) in [4.78, 5) is 0. The molecule has 0 radical (unpaired) electrons. The predicted octanol–water partition coefficient (Wildman–Crippen LogP) is 5.44. The molecule has 0 aromatic heterocycles. The van der Waals surface area contributed by atoms with Gasteiger partial charge in [0.2, 0.25) is 0 Å². The molecule has 0 fully saturated rings. The largest absolute Gasteiger partial charge is 0.278 e. The SMILES string of the molecule is C(=NNc1cccc2ccccc12)c1ccc2ccccc2c1. The lowest BCUT2D eigenvalue weighted by Gasteiger charge is -2.05. The standard InChI is InChI=1S/C21H16N2/c1-2-8-19-14-16(12-13-17(19)6-1)15-22-23-21-11-5-9-18-7-3-4-10-20(18)21/h1-15,23H. The Kier molecular flexibility index (Phi) is 3.49. The highest BCUT2D eigenvalue weighted by Gasteiger charge is 1.98. The van der Waals surface area contributed by atoms with Crippen molar-refractivity contribution in [3.05, 3.63) is 90.5 Å². The second-order valence-electron chi connectivity index (χ2n) is 5.50. The number of benzene rings is 4. The molecular weight excluding hydrogens is 280 g/mol. The monoisotopic (exact) mass is 296 g/mol. The molecule has 0 aliphatic carbocycles. The topological polar surface area (TPSA) is 24.4 Å². The smallest absolute Gasteiger partial charge is 0.0640 e. The summed E-state index contributed by atoms with van der Waals surface area (Å²) in [6, 6.07) is 29.2. The molecule has 0 aliphatic heterocycles. The summed E-state index contributed by atoms with van der Waals surface area (Å²) < 4.78 is 0. The van der Waals surface area contributed by atoms with Crippen LogP contribution in [0.2, 0.25) is 0 Å². The van der Waals surface area contributed by atoms with Crippen molar-refractivity contribution in [2.75, 3.05) is 5.43 Å². The van der Waals surface area contributed by atoms with Crippen LogP contribution in [0.3, 0.4) is 0 Å². The van der Waals surface area contributed by atoms with Crippen LogP contribution >= 0.6 is 0 Å². The van der Waals surface area contributed by atoms with E-state index in [-0.39, 0.29) is 0 Å². The molecule has 4 aromatic carbocycles. The second-order valence-corrected chi connectivity index (χ2v) is 5.50. The van der Waals surface area contributed by atoms with Crippen molar-refractivity contribution in [2.45, 2.75) is 0 Å². The number of hydrogen-bond donors (Lipinski definition) is 1. The van der Waals surface area contributed by atoms with Crippen LogP contribution in [0.1, 0.15) is 5.56 Å². The van der Waals surface area contributed by atoms with Gasteiger partial charge in [-0.2, -0.15) is 5.10 Å². The maximum absolute atomic E-state index is 4.39. The molecule has 23 heavy (non-hydrogen) atoms. The lowest BCUT2D eigenvalue weighted by molar-refractivity contribution is 1.36. The highest BCUT2D eigenvalue weighted by Crippen LogP contribution is 2.22. The van der Waals surface area contributed by atoms with E-state index in [9.17, 15) is 0 Å². The first-order chi connectivity index (χ1) is 11.4. The molecule has 0 amide bonds. The van der Waals surface area contributed by atoms with Gasteiger partial charge in [0.05, 0.1) is 11.9 Å². The molecule has 0 atom stereocenters. The summed E-state index contributed by atoms with van der Waals surface area (Å²) in [7, 11) is 0. The first-order valence-electron chi connectivity index (χ1n) is 7.66. The van der Waals surface area contributed by atoms with Crippen molar-refractivity contribution in [3.8, 4) is 0 Å². The van der Waals surface area contributed by atoms with E-state index in [4.69, 9.17) is 0 Å². The molecule has 1 N–H and O–H groups in total. The van der Waals surface area contributed by atoms with E-state index in [2.05, 4.69) is 71.2 Å². The van der Waals surface area contributed by atoms with Crippen LogP contribution in [0.25, 0.3) is 21.5 Å². The molecule has 0 bridgehead atoms. The Morgan fingerprint density at radius 1 is 0.652 bits per heavy atom. The van der Waals surface area contributed by atoms with Crippen LogP contribution in [-0.2, 0) is 0 Å². The summed E-state index contributed by atoms with van der Waals surface area (Å²) >= 11 is 0. The summed E-state index contributed by atoms with van der Waals surface area (Å²) in [5.74, 6) is 0. The minimum Gasteiger partial charge on any atom is -0.278 e. The van der Waals surface area contributed by atoms with Gasteiger partial charge >= 0.3 is 0 Å². The van der Waals surface area contributed by atoms with E-state index >= 15 is 0 Å². The van der Waals surface area contributed by atoms with Gasteiger partial charge in [0, 0.05) is 5.39 Å². The van der Waals surface area contributed by atoms with Crippen LogP contribution in [-0.4, -0.2) is 6.21 Å². The van der Waals surface area contributed by atoms with Gasteiger partial charge in [-0.15, -0.1) is 0 Å². The fourth-order valence-electron chi connectivity index (χ4n) is 2.79. The van der Waals surface area contributed by atoms with Crippen LogP contribution < -0.4 is 5.43 Å². The third-order valence-corrected chi connectivity index (χ3v) is 3.96. The van der Waals surface area contributed by atoms with Crippen molar-refractivity contribution in [1.82, 2.24) is 0 Å². The zero-order valence-electron chi connectivity index (χ0n) is 12.6. The molecule has 0 aliphatic rings. The maximum atomic E-state index is 4.39. The summed E-state index contributed by atoms with van der Waals surface area (Å²) in [5.41, 5.74) is 5.25. The minimum absolute atomic E-state index is 1.01. The molecule has 4 aromatic rings. The van der Waals surface area contributed by atoms with E-state index in [1.807, 2.05) is 30.5 Å². The fraction of sp³-hybridized carbons (Fsp3) is 0. The minimum atomic E-state index is 1.01. The Morgan fingerprint density at radius 2 is 1.39 bits per heavy atom. The van der Waals surface area contributed by atoms with E-state index in [1.165, 1.54) is 21.5 Å². The van der Waals surface area contributed by atoms with Crippen LogP contribution in [0.15, 0.2) is 90.0 Å². The summed E-state index contributed by atoms with van der Waals surface area (Å²) in [5, 5.41) is 9.24. The molecular formula is C21H16N2. The van der Waals surface area contributed by atoms with E-state index in [0.717, 1.165) is 11.3 Å². The van der Waals surface area contributed by atoms with E-state index in [1.54, 1.807) is 0 Å². The van der Waals surface area contributed by atoms with E-state index < -0.39 is 0 Å². The van der Waals surface area contributed by atoms with Crippen LogP contribution in [0.5, 0.6) is 0 Å². The molecule has 2 heteroatoms. The molecule has 4 rings (SSSR count). The first kappa shape index (κ1) is 13.5. The quantitative estimate of drug-likeness (QED) is 0.395. The number of nitrogens with zero attached hydrogens (tertiary/aromatic N) is 1. The summed E-state index contributed by atoms with van der Waals surface area (Å²) in [6.45, 7) is 0. The van der Waals surface area contributed by atoms with Gasteiger partial charge in [-0.25, -0.2) is 0 Å². The summed E-state index contributed by atoms with van der Waals surface area (Å²) in [6.07, 6.45) is 1.86. The second kappa shape index (κ2) is 5.93. The van der Waals surface area contributed by atoms with Crippen molar-refractivity contribution in [3.63, 3.8) is 0 Å². The van der Waals surface area contributed by atoms with Gasteiger partial charge in [-0.1, -0.05) is 72.8 Å². The molecule has 0 saturated carbocycles.